The van der Waals surface area contributed by atoms with Crippen LogP contribution in [0.1, 0.15) is 43.4 Å². The number of rotatable bonds is 7. The van der Waals surface area contributed by atoms with E-state index in [1.807, 2.05) is 37.3 Å². The van der Waals surface area contributed by atoms with Crippen LogP contribution in [-0.2, 0) is 16.1 Å². The van der Waals surface area contributed by atoms with Gasteiger partial charge in [-0.15, -0.1) is 0 Å². The molecule has 1 N–H and O–H groups in total. The van der Waals surface area contributed by atoms with Gasteiger partial charge in [0.25, 0.3) is 5.91 Å². The van der Waals surface area contributed by atoms with E-state index in [-0.39, 0.29) is 5.91 Å². The summed E-state index contributed by atoms with van der Waals surface area (Å²) in [4.78, 5) is 15.0. The first-order chi connectivity index (χ1) is 13.9. The van der Waals surface area contributed by atoms with E-state index < -0.39 is 6.10 Å². The second-order valence-electron chi connectivity index (χ2n) is 8.02. The molecule has 2 aromatic rings. The minimum Gasteiger partial charge on any atom is -0.481 e. The van der Waals surface area contributed by atoms with E-state index in [1.165, 1.54) is 11.1 Å². The summed E-state index contributed by atoms with van der Waals surface area (Å²) < 4.78 is 11.4. The number of aryl methyl sites for hydroxylation is 1. The molecule has 0 aromatic heterocycles. The van der Waals surface area contributed by atoms with Crippen LogP contribution in [0.15, 0.2) is 42.5 Å². The van der Waals surface area contributed by atoms with Gasteiger partial charge in [-0.2, -0.15) is 0 Å². The lowest BCUT2D eigenvalue weighted by atomic mass is 10.0. The number of hydrogen-bond donors (Lipinski definition) is 1. The molecule has 1 atom stereocenters. The number of ether oxygens (including phenoxy) is 2. The molecule has 0 bridgehead atoms. The number of nitrogens with one attached hydrogen (secondary N) is 1. The second-order valence-corrected chi connectivity index (χ2v) is 8.02. The van der Waals surface area contributed by atoms with Crippen LogP contribution < -0.4 is 10.1 Å². The van der Waals surface area contributed by atoms with Crippen molar-refractivity contribution in [1.29, 1.82) is 0 Å². The standard InChI is InChI=1S/C24H32N2O3/c1-17(2)21-9-8-18(3)23(15-21)29-19(4)24(27)25-22-7-5-6-20(14-22)16-26-10-12-28-13-11-26/h5-9,14-15,17,19H,10-13,16H2,1-4H3,(H,25,27). The third-order valence-corrected chi connectivity index (χ3v) is 5.26. The Morgan fingerprint density at radius 3 is 2.62 bits per heavy atom. The molecule has 1 fully saturated rings. The maximum Gasteiger partial charge on any atom is 0.265 e. The lowest BCUT2D eigenvalue weighted by Crippen LogP contribution is -2.35. The van der Waals surface area contributed by atoms with Crippen LogP contribution in [0.4, 0.5) is 5.69 Å². The molecule has 1 unspecified atom stereocenters. The van der Waals surface area contributed by atoms with Crippen molar-refractivity contribution in [3.8, 4) is 5.75 Å². The van der Waals surface area contributed by atoms with Gasteiger partial charge in [0.1, 0.15) is 5.75 Å². The molecule has 5 nitrogen and oxygen atoms in total. The number of nitrogens with zero attached hydrogens (tertiary/aromatic N) is 1. The maximum absolute atomic E-state index is 12.7. The van der Waals surface area contributed by atoms with E-state index >= 15 is 0 Å². The summed E-state index contributed by atoms with van der Waals surface area (Å²) in [5.41, 5.74) is 4.21. The quantitative estimate of drug-likeness (QED) is 0.756. The highest BCUT2D eigenvalue weighted by Gasteiger charge is 2.17. The summed E-state index contributed by atoms with van der Waals surface area (Å²) >= 11 is 0. The first-order valence-corrected chi connectivity index (χ1v) is 10.4. The fourth-order valence-corrected chi connectivity index (χ4v) is 3.36. The molecule has 1 amide bonds. The van der Waals surface area contributed by atoms with E-state index in [4.69, 9.17) is 9.47 Å². The summed E-state index contributed by atoms with van der Waals surface area (Å²) in [7, 11) is 0. The molecule has 3 rings (SSSR count). The Labute approximate surface area is 174 Å². The van der Waals surface area contributed by atoms with Crippen LogP contribution >= 0.6 is 0 Å². The van der Waals surface area contributed by atoms with Crippen LogP contribution in [0.5, 0.6) is 5.75 Å². The Morgan fingerprint density at radius 1 is 1.14 bits per heavy atom. The summed E-state index contributed by atoms with van der Waals surface area (Å²) in [6.07, 6.45) is -0.584. The largest absolute Gasteiger partial charge is 0.481 e. The zero-order valence-electron chi connectivity index (χ0n) is 17.9. The average molecular weight is 397 g/mol. The zero-order valence-corrected chi connectivity index (χ0v) is 17.9. The van der Waals surface area contributed by atoms with Crippen molar-refractivity contribution in [2.45, 2.75) is 46.3 Å². The minimum absolute atomic E-state index is 0.150. The highest BCUT2D eigenvalue weighted by atomic mass is 16.5. The van der Waals surface area contributed by atoms with E-state index in [0.29, 0.717) is 5.92 Å². The topological polar surface area (TPSA) is 50.8 Å². The first-order valence-electron chi connectivity index (χ1n) is 10.4. The van der Waals surface area contributed by atoms with E-state index in [9.17, 15) is 4.79 Å². The number of morpholine rings is 1. The fourth-order valence-electron chi connectivity index (χ4n) is 3.36. The van der Waals surface area contributed by atoms with E-state index in [1.54, 1.807) is 6.92 Å². The van der Waals surface area contributed by atoms with Crippen LogP contribution in [0, 0.1) is 6.92 Å². The molecular formula is C24H32N2O3. The number of amides is 1. The molecule has 1 saturated heterocycles. The number of hydrogen-bond acceptors (Lipinski definition) is 4. The van der Waals surface area contributed by atoms with Gasteiger partial charge < -0.3 is 14.8 Å². The Kier molecular flexibility index (Phi) is 7.29. The highest BCUT2D eigenvalue weighted by Crippen LogP contribution is 2.25. The summed E-state index contributed by atoms with van der Waals surface area (Å²) in [5.74, 6) is 1.03. The molecule has 29 heavy (non-hydrogen) atoms. The lowest BCUT2D eigenvalue weighted by molar-refractivity contribution is -0.122. The van der Waals surface area contributed by atoms with Crippen molar-refractivity contribution in [1.82, 2.24) is 4.90 Å². The predicted octanol–water partition coefficient (Wildman–Crippen LogP) is 4.36. The molecule has 0 radical (unpaired) electrons. The van der Waals surface area contributed by atoms with Gasteiger partial charge in [0.05, 0.1) is 13.2 Å². The Morgan fingerprint density at radius 2 is 1.90 bits per heavy atom. The van der Waals surface area contributed by atoms with E-state index in [0.717, 1.165) is 49.8 Å². The molecule has 1 aliphatic heterocycles. The third kappa shape index (κ3) is 6.05. The van der Waals surface area contributed by atoms with Gasteiger partial charge in [-0.1, -0.05) is 38.1 Å². The van der Waals surface area contributed by atoms with Gasteiger partial charge in [0.2, 0.25) is 0 Å². The predicted molar refractivity (Wildman–Crippen MR) is 117 cm³/mol. The van der Waals surface area contributed by atoms with Crippen molar-refractivity contribution in [3.63, 3.8) is 0 Å². The molecule has 1 heterocycles. The van der Waals surface area contributed by atoms with Crippen LogP contribution in [-0.4, -0.2) is 43.2 Å². The van der Waals surface area contributed by atoms with Gasteiger partial charge >= 0.3 is 0 Å². The normalized spacial score (nSPS) is 15.9. The first kappa shape index (κ1) is 21.3. The van der Waals surface area contributed by atoms with Crippen LogP contribution in [0.3, 0.4) is 0 Å². The number of carbonyl (C=O) groups excluding carboxylic acids is 1. The molecule has 1 aliphatic rings. The summed E-state index contributed by atoms with van der Waals surface area (Å²) in [5, 5.41) is 2.99. The number of anilines is 1. The van der Waals surface area contributed by atoms with E-state index in [2.05, 4.69) is 36.2 Å². The molecule has 0 aliphatic carbocycles. The lowest BCUT2D eigenvalue weighted by Gasteiger charge is -2.26. The second kappa shape index (κ2) is 9.90. The molecule has 5 heteroatoms. The Hall–Kier alpha value is -2.37. The van der Waals surface area contributed by atoms with Crippen molar-refractivity contribution in [2.24, 2.45) is 0 Å². The molecular weight excluding hydrogens is 364 g/mol. The van der Waals surface area contributed by atoms with Gasteiger partial charge in [-0.05, 0) is 54.7 Å². The van der Waals surface area contributed by atoms with Crippen molar-refractivity contribution >= 4 is 11.6 Å². The van der Waals surface area contributed by atoms with Gasteiger partial charge in [0.15, 0.2) is 6.10 Å². The molecule has 0 saturated carbocycles. The maximum atomic E-state index is 12.7. The third-order valence-electron chi connectivity index (χ3n) is 5.26. The smallest absolute Gasteiger partial charge is 0.265 e. The fraction of sp³-hybridized carbons (Fsp3) is 0.458. The monoisotopic (exact) mass is 396 g/mol. The Balaban J connectivity index is 1.61. The zero-order chi connectivity index (χ0) is 20.8. The summed E-state index contributed by atoms with van der Waals surface area (Å²) in [6, 6.07) is 14.2. The molecule has 156 valence electrons. The number of carbonyl (C=O) groups is 1. The Bertz CT molecular complexity index is 829. The van der Waals surface area contributed by atoms with Crippen molar-refractivity contribution in [3.05, 3.63) is 59.2 Å². The number of benzene rings is 2. The SMILES string of the molecule is Cc1ccc(C(C)C)cc1OC(C)C(=O)Nc1cccc(CN2CCOCC2)c1. The van der Waals surface area contributed by atoms with Crippen LogP contribution in [0.25, 0.3) is 0 Å². The van der Waals surface area contributed by atoms with Gasteiger partial charge in [-0.25, -0.2) is 0 Å². The molecule has 0 spiro atoms. The highest BCUT2D eigenvalue weighted by molar-refractivity contribution is 5.94. The summed E-state index contributed by atoms with van der Waals surface area (Å²) in [6.45, 7) is 12.4. The van der Waals surface area contributed by atoms with Gasteiger partial charge in [0, 0.05) is 25.3 Å². The molecule has 2 aromatic carbocycles. The van der Waals surface area contributed by atoms with Gasteiger partial charge in [-0.3, -0.25) is 9.69 Å². The van der Waals surface area contributed by atoms with Crippen LogP contribution in [0.2, 0.25) is 0 Å². The van der Waals surface area contributed by atoms with Crippen molar-refractivity contribution < 1.29 is 14.3 Å². The minimum atomic E-state index is -0.584. The average Bonchev–Trinajstić information content (AvgIpc) is 2.70. The van der Waals surface area contributed by atoms with Crippen molar-refractivity contribution in [2.75, 3.05) is 31.6 Å².